The monoisotopic (exact) mass is 320 g/mol. The molecule has 0 unspecified atom stereocenters. The number of hydrogen-bond donors (Lipinski definition) is 2. The van der Waals surface area contributed by atoms with Crippen LogP contribution in [0.3, 0.4) is 0 Å². The third-order valence-corrected chi connectivity index (χ3v) is 4.27. The van der Waals surface area contributed by atoms with Crippen LogP contribution in [0.2, 0.25) is 0 Å². The van der Waals surface area contributed by atoms with E-state index < -0.39 is 0 Å². The SMILES string of the molecule is NC[C@H](C(=O)Cc1ccc2cnccc2c1)c1ccc(CO)cc1. The first-order chi connectivity index (χ1) is 11.7. The summed E-state index contributed by atoms with van der Waals surface area (Å²) in [5, 5.41) is 11.3. The summed E-state index contributed by atoms with van der Waals surface area (Å²) in [7, 11) is 0. The van der Waals surface area contributed by atoms with E-state index in [0.29, 0.717) is 6.42 Å². The lowest BCUT2D eigenvalue weighted by Gasteiger charge is -2.15. The number of ketones is 1. The molecule has 4 heteroatoms. The number of fused-ring (bicyclic) bond motifs is 1. The predicted molar refractivity (Wildman–Crippen MR) is 94.6 cm³/mol. The number of carbonyl (C=O) groups excluding carboxylic acids is 1. The molecule has 0 fully saturated rings. The van der Waals surface area contributed by atoms with Gasteiger partial charge in [0.15, 0.2) is 0 Å². The van der Waals surface area contributed by atoms with Crippen LogP contribution < -0.4 is 5.73 Å². The van der Waals surface area contributed by atoms with E-state index >= 15 is 0 Å². The van der Waals surface area contributed by atoms with Crippen molar-refractivity contribution < 1.29 is 9.90 Å². The van der Waals surface area contributed by atoms with E-state index in [1.54, 1.807) is 6.20 Å². The predicted octanol–water partition coefficient (Wildman–Crippen LogP) is 2.58. The number of carbonyl (C=O) groups is 1. The third-order valence-electron chi connectivity index (χ3n) is 4.27. The highest BCUT2D eigenvalue weighted by Crippen LogP contribution is 2.21. The van der Waals surface area contributed by atoms with Crippen LogP contribution in [0.4, 0.5) is 0 Å². The summed E-state index contributed by atoms with van der Waals surface area (Å²) < 4.78 is 0. The quantitative estimate of drug-likeness (QED) is 0.732. The number of aromatic nitrogens is 1. The summed E-state index contributed by atoms with van der Waals surface area (Å²) in [5.74, 6) is -0.228. The number of pyridine rings is 1. The molecule has 122 valence electrons. The first-order valence-corrected chi connectivity index (χ1v) is 7.96. The van der Waals surface area contributed by atoms with E-state index in [0.717, 1.165) is 27.5 Å². The average molecular weight is 320 g/mol. The van der Waals surface area contributed by atoms with Crippen molar-refractivity contribution in [2.75, 3.05) is 6.54 Å². The lowest BCUT2D eigenvalue weighted by atomic mass is 9.90. The minimum Gasteiger partial charge on any atom is -0.392 e. The summed E-state index contributed by atoms with van der Waals surface area (Å²) in [6, 6.07) is 15.3. The highest BCUT2D eigenvalue weighted by atomic mass is 16.3. The van der Waals surface area contributed by atoms with Crippen molar-refractivity contribution in [1.29, 1.82) is 0 Å². The number of nitrogens with zero attached hydrogens (tertiary/aromatic N) is 1. The first-order valence-electron chi connectivity index (χ1n) is 7.96. The molecule has 3 N–H and O–H groups in total. The van der Waals surface area contributed by atoms with Crippen molar-refractivity contribution in [2.24, 2.45) is 5.73 Å². The molecule has 0 bridgehead atoms. The van der Waals surface area contributed by atoms with Crippen LogP contribution in [-0.4, -0.2) is 22.4 Å². The van der Waals surface area contributed by atoms with Gasteiger partial charge in [-0.05, 0) is 28.1 Å². The van der Waals surface area contributed by atoms with Crippen LogP contribution in [0, 0.1) is 0 Å². The molecule has 1 aromatic heterocycles. The number of aliphatic hydroxyl groups is 1. The number of rotatable bonds is 6. The Bertz CT molecular complexity index is 844. The summed E-state index contributed by atoms with van der Waals surface area (Å²) in [6.07, 6.45) is 3.91. The zero-order valence-electron chi connectivity index (χ0n) is 13.4. The van der Waals surface area contributed by atoms with E-state index in [2.05, 4.69) is 4.98 Å². The number of benzene rings is 2. The highest BCUT2D eigenvalue weighted by molar-refractivity contribution is 5.89. The van der Waals surface area contributed by atoms with Crippen molar-refractivity contribution in [2.45, 2.75) is 18.9 Å². The molecule has 0 radical (unpaired) electrons. The summed E-state index contributed by atoms with van der Waals surface area (Å²) >= 11 is 0. The molecule has 0 saturated heterocycles. The molecule has 1 atom stereocenters. The van der Waals surface area contributed by atoms with E-state index in [1.165, 1.54) is 0 Å². The lowest BCUT2D eigenvalue weighted by molar-refractivity contribution is -0.119. The van der Waals surface area contributed by atoms with Gasteiger partial charge in [0, 0.05) is 30.7 Å². The first kappa shape index (κ1) is 16.3. The van der Waals surface area contributed by atoms with Crippen molar-refractivity contribution in [3.8, 4) is 0 Å². The van der Waals surface area contributed by atoms with E-state index in [4.69, 9.17) is 10.8 Å². The van der Waals surface area contributed by atoms with Crippen LogP contribution in [0.15, 0.2) is 60.9 Å². The largest absolute Gasteiger partial charge is 0.392 e. The van der Waals surface area contributed by atoms with Crippen LogP contribution in [0.1, 0.15) is 22.6 Å². The van der Waals surface area contributed by atoms with Crippen LogP contribution in [-0.2, 0) is 17.8 Å². The average Bonchev–Trinajstić information content (AvgIpc) is 2.63. The molecule has 3 aromatic rings. The molecule has 24 heavy (non-hydrogen) atoms. The van der Waals surface area contributed by atoms with Crippen molar-refractivity contribution in [3.63, 3.8) is 0 Å². The highest BCUT2D eigenvalue weighted by Gasteiger charge is 2.19. The summed E-state index contributed by atoms with van der Waals surface area (Å²) in [6.45, 7) is 0.266. The number of Topliss-reactive ketones (excluding diaryl/α,β-unsaturated/α-hetero) is 1. The fourth-order valence-electron chi connectivity index (χ4n) is 2.88. The number of hydrogen-bond acceptors (Lipinski definition) is 4. The molecule has 3 rings (SSSR count). The third kappa shape index (κ3) is 3.50. The smallest absolute Gasteiger partial charge is 0.145 e. The fourth-order valence-corrected chi connectivity index (χ4v) is 2.88. The second-order valence-corrected chi connectivity index (χ2v) is 5.89. The normalized spacial score (nSPS) is 12.2. The zero-order chi connectivity index (χ0) is 16.9. The maximum absolute atomic E-state index is 12.7. The van der Waals surface area contributed by atoms with Gasteiger partial charge >= 0.3 is 0 Å². The molecular weight excluding hydrogens is 300 g/mol. The fraction of sp³-hybridized carbons (Fsp3) is 0.200. The molecular formula is C20H20N2O2. The number of aliphatic hydroxyl groups excluding tert-OH is 1. The topological polar surface area (TPSA) is 76.2 Å². The molecule has 0 spiro atoms. The van der Waals surface area contributed by atoms with Crippen molar-refractivity contribution in [1.82, 2.24) is 4.98 Å². The van der Waals surface area contributed by atoms with Gasteiger partial charge in [-0.2, -0.15) is 0 Å². The van der Waals surface area contributed by atoms with Gasteiger partial charge in [-0.1, -0.05) is 42.5 Å². The molecule has 0 aliphatic carbocycles. The maximum Gasteiger partial charge on any atom is 0.145 e. The summed E-state index contributed by atoms with van der Waals surface area (Å²) in [5.41, 5.74) is 8.54. The molecule has 0 aliphatic rings. The molecule has 0 saturated carbocycles. The van der Waals surface area contributed by atoms with E-state index in [1.807, 2.05) is 54.7 Å². The lowest BCUT2D eigenvalue weighted by Crippen LogP contribution is -2.23. The molecule has 1 heterocycles. The van der Waals surface area contributed by atoms with Gasteiger partial charge < -0.3 is 10.8 Å². The maximum atomic E-state index is 12.7. The second-order valence-electron chi connectivity index (χ2n) is 5.89. The zero-order valence-corrected chi connectivity index (χ0v) is 13.4. The van der Waals surface area contributed by atoms with Gasteiger partial charge in [0.2, 0.25) is 0 Å². The Morgan fingerprint density at radius 3 is 2.50 bits per heavy atom. The number of nitrogens with two attached hydrogens (primary N) is 1. The molecule has 4 nitrogen and oxygen atoms in total. The van der Waals surface area contributed by atoms with Gasteiger partial charge in [-0.25, -0.2) is 0 Å². The van der Waals surface area contributed by atoms with Crippen molar-refractivity contribution in [3.05, 3.63) is 77.6 Å². The Morgan fingerprint density at radius 1 is 1.04 bits per heavy atom. The van der Waals surface area contributed by atoms with Crippen LogP contribution in [0.5, 0.6) is 0 Å². The Labute approximate surface area is 141 Å². The van der Waals surface area contributed by atoms with Crippen LogP contribution >= 0.6 is 0 Å². The molecule has 2 aromatic carbocycles. The van der Waals surface area contributed by atoms with Crippen LogP contribution in [0.25, 0.3) is 10.8 Å². The van der Waals surface area contributed by atoms with Gasteiger partial charge in [0.05, 0.1) is 12.5 Å². The van der Waals surface area contributed by atoms with E-state index in [9.17, 15) is 4.79 Å². The Balaban J connectivity index is 1.79. The second kappa shape index (κ2) is 7.34. The molecule has 0 aliphatic heterocycles. The van der Waals surface area contributed by atoms with Gasteiger partial charge in [0.1, 0.15) is 5.78 Å². The Hall–Kier alpha value is -2.56. The van der Waals surface area contributed by atoms with Gasteiger partial charge in [-0.15, -0.1) is 0 Å². The standard InChI is InChI=1S/C20H20N2O2/c21-11-19(16-4-1-14(13-23)2-5-16)20(24)10-15-3-6-18-12-22-8-7-17(18)9-15/h1-9,12,19,23H,10-11,13,21H2/t19-/m0/s1. The van der Waals surface area contributed by atoms with Gasteiger partial charge in [-0.3, -0.25) is 9.78 Å². The van der Waals surface area contributed by atoms with Crippen molar-refractivity contribution >= 4 is 16.6 Å². The summed E-state index contributed by atoms with van der Waals surface area (Å²) in [4.78, 5) is 16.8. The minimum atomic E-state index is -0.328. The Kier molecular flexibility index (Phi) is 4.99. The van der Waals surface area contributed by atoms with E-state index in [-0.39, 0.29) is 24.9 Å². The minimum absolute atomic E-state index is 0.00648. The van der Waals surface area contributed by atoms with Gasteiger partial charge in [0.25, 0.3) is 0 Å². The Morgan fingerprint density at radius 2 is 1.79 bits per heavy atom. The molecule has 0 amide bonds.